The molecular weight excluding hydrogens is 356 g/mol. The Kier molecular flexibility index (Phi) is 3.94. The van der Waals surface area contributed by atoms with Crippen molar-refractivity contribution in [1.29, 1.82) is 0 Å². The van der Waals surface area contributed by atoms with Gasteiger partial charge < -0.3 is 11.1 Å². The number of carbonyl (C=O) groups excluding carboxylic acids is 1. The average molecular weight is 370 g/mol. The molecule has 0 spiro atoms. The fourth-order valence-electron chi connectivity index (χ4n) is 2.43. The van der Waals surface area contributed by atoms with Crippen molar-refractivity contribution >= 4 is 40.2 Å². The number of carbonyl (C=O) groups is 1. The van der Waals surface area contributed by atoms with Crippen LogP contribution in [0.3, 0.4) is 0 Å². The summed E-state index contributed by atoms with van der Waals surface area (Å²) < 4.78 is 1.63. The van der Waals surface area contributed by atoms with Gasteiger partial charge in [0, 0.05) is 17.1 Å². The fraction of sp³-hybridized carbons (Fsp3) is 0.125. The molecule has 0 saturated heterocycles. The highest BCUT2D eigenvalue weighted by atomic mass is 32.1. The standard InChI is InChI=1S/C16H14N6OS2/c1-9-19-12(8-24-9)5-18-15(23)13-4-11(7-25-13)10-2-3-14-20-16(17)21-22(14)6-10/h2-4,6-8H,5H2,1H3,(H2,17,21)(H,18,23). The van der Waals surface area contributed by atoms with Gasteiger partial charge in [0.05, 0.1) is 22.1 Å². The zero-order chi connectivity index (χ0) is 17.4. The summed E-state index contributed by atoms with van der Waals surface area (Å²) in [5.41, 5.74) is 9.07. The Morgan fingerprint density at radius 3 is 2.92 bits per heavy atom. The molecule has 126 valence electrons. The zero-order valence-corrected chi connectivity index (χ0v) is 14.9. The lowest BCUT2D eigenvalue weighted by Gasteiger charge is -2.00. The highest BCUT2D eigenvalue weighted by molar-refractivity contribution is 7.12. The van der Waals surface area contributed by atoms with Crippen LogP contribution < -0.4 is 11.1 Å². The van der Waals surface area contributed by atoms with E-state index in [2.05, 4.69) is 20.4 Å². The Morgan fingerprint density at radius 2 is 2.12 bits per heavy atom. The van der Waals surface area contributed by atoms with Gasteiger partial charge in [0.2, 0.25) is 5.95 Å². The lowest BCUT2D eigenvalue weighted by atomic mass is 10.1. The Bertz CT molecular complexity index is 1060. The van der Waals surface area contributed by atoms with Gasteiger partial charge in [0.1, 0.15) is 0 Å². The highest BCUT2D eigenvalue weighted by Gasteiger charge is 2.11. The van der Waals surface area contributed by atoms with E-state index in [1.807, 2.05) is 42.1 Å². The van der Waals surface area contributed by atoms with Crippen molar-refractivity contribution in [2.24, 2.45) is 0 Å². The van der Waals surface area contributed by atoms with Crippen molar-refractivity contribution in [3.05, 3.63) is 50.7 Å². The molecule has 1 amide bonds. The van der Waals surface area contributed by atoms with Crippen molar-refractivity contribution < 1.29 is 4.79 Å². The van der Waals surface area contributed by atoms with E-state index in [4.69, 9.17) is 5.73 Å². The van der Waals surface area contributed by atoms with Crippen LogP contribution in [0.25, 0.3) is 16.8 Å². The number of fused-ring (bicyclic) bond motifs is 1. The van der Waals surface area contributed by atoms with Gasteiger partial charge in [-0.15, -0.1) is 27.8 Å². The lowest BCUT2D eigenvalue weighted by Crippen LogP contribution is -2.21. The molecule has 7 nitrogen and oxygen atoms in total. The number of pyridine rings is 1. The molecule has 0 radical (unpaired) electrons. The molecule has 0 aliphatic heterocycles. The van der Waals surface area contributed by atoms with Crippen molar-refractivity contribution in [3.63, 3.8) is 0 Å². The number of nitrogen functional groups attached to an aromatic ring is 1. The van der Waals surface area contributed by atoms with E-state index in [1.54, 1.807) is 15.9 Å². The SMILES string of the molecule is Cc1nc(CNC(=O)c2cc(-c3ccc4nc(N)nn4c3)cs2)cs1. The molecule has 4 heterocycles. The minimum absolute atomic E-state index is 0.104. The maximum absolute atomic E-state index is 12.3. The molecule has 0 aliphatic rings. The van der Waals surface area contributed by atoms with Crippen LogP contribution in [0.1, 0.15) is 20.4 Å². The monoisotopic (exact) mass is 370 g/mol. The van der Waals surface area contributed by atoms with Crippen molar-refractivity contribution in [3.8, 4) is 11.1 Å². The van der Waals surface area contributed by atoms with E-state index >= 15 is 0 Å². The van der Waals surface area contributed by atoms with Gasteiger partial charge >= 0.3 is 0 Å². The second-order valence-corrected chi connectivity index (χ2v) is 7.40. The van der Waals surface area contributed by atoms with E-state index < -0.39 is 0 Å². The minimum atomic E-state index is -0.104. The molecule has 0 saturated carbocycles. The van der Waals surface area contributed by atoms with Crippen molar-refractivity contribution in [2.45, 2.75) is 13.5 Å². The molecule has 0 aliphatic carbocycles. The summed E-state index contributed by atoms with van der Waals surface area (Å²) in [6, 6.07) is 5.65. The number of hydrogen-bond acceptors (Lipinski definition) is 7. The maximum Gasteiger partial charge on any atom is 0.261 e. The van der Waals surface area contributed by atoms with Gasteiger partial charge in [-0.3, -0.25) is 4.79 Å². The molecular formula is C16H14N6OS2. The summed E-state index contributed by atoms with van der Waals surface area (Å²) in [6.45, 7) is 2.38. The molecule has 0 aromatic carbocycles. The number of hydrogen-bond donors (Lipinski definition) is 2. The number of nitrogens with zero attached hydrogens (tertiary/aromatic N) is 4. The third-order valence-corrected chi connectivity index (χ3v) is 5.35. The molecule has 4 aromatic rings. The van der Waals surface area contributed by atoms with Crippen LogP contribution in [0.4, 0.5) is 5.95 Å². The van der Waals surface area contributed by atoms with Crippen LogP contribution in [0.15, 0.2) is 35.2 Å². The first-order valence-electron chi connectivity index (χ1n) is 7.48. The van der Waals surface area contributed by atoms with Crippen LogP contribution in [0.5, 0.6) is 0 Å². The number of nitrogens with one attached hydrogen (secondary N) is 1. The predicted molar refractivity (Wildman–Crippen MR) is 98.7 cm³/mol. The van der Waals surface area contributed by atoms with Crippen LogP contribution in [-0.2, 0) is 6.54 Å². The number of thiazole rings is 1. The third kappa shape index (κ3) is 3.24. The first kappa shape index (κ1) is 15.7. The Balaban J connectivity index is 1.51. The van der Waals surface area contributed by atoms with Gasteiger partial charge in [-0.25, -0.2) is 9.50 Å². The third-order valence-electron chi connectivity index (χ3n) is 3.60. The summed E-state index contributed by atoms with van der Waals surface area (Å²) >= 11 is 2.98. The molecule has 0 bridgehead atoms. The summed E-state index contributed by atoms with van der Waals surface area (Å²) in [4.78, 5) is 21.4. The number of amides is 1. The number of nitrogens with two attached hydrogens (primary N) is 1. The second kappa shape index (κ2) is 6.26. The summed E-state index contributed by atoms with van der Waals surface area (Å²) in [6.07, 6.45) is 1.85. The van der Waals surface area contributed by atoms with E-state index in [-0.39, 0.29) is 11.9 Å². The second-order valence-electron chi connectivity index (χ2n) is 5.43. The molecule has 3 N–H and O–H groups in total. The van der Waals surface area contributed by atoms with Gasteiger partial charge in [0.15, 0.2) is 5.65 Å². The van der Waals surface area contributed by atoms with Gasteiger partial charge in [-0.2, -0.15) is 4.98 Å². The van der Waals surface area contributed by atoms with Gasteiger partial charge in [0.25, 0.3) is 5.91 Å². The van der Waals surface area contributed by atoms with E-state index in [1.165, 1.54) is 11.3 Å². The first-order valence-corrected chi connectivity index (χ1v) is 9.24. The van der Waals surface area contributed by atoms with Crippen LogP contribution in [0, 0.1) is 6.92 Å². The number of anilines is 1. The fourth-order valence-corrected chi connectivity index (χ4v) is 3.87. The molecule has 4 aromatic heterocycles. The molecule has 25 heavy (non-hydrogen) atoms. The Labute approximate surface area is 151 Å². The van der Waals surface area contributed by atoms with E-state index in [9.17, 15) is 4.79 Å². The predicted octanol–water partition coefficient (Wildman–Crippen LogP) is 2.73. The smallest absolute Gasteiger partial charge is 0.261 e. The Morgan fingerprint density at radius 1 is 1.24 bits per heavy atom. The van der Waals surface area contributed by atoms with Crippen molar-refractivity contribution in [1.82, 2.24) is 24.9 Å². The van der Waals surface area contributed by atoms with Crippen LogP contribution in [-0.4, -0.2) is 25.5 Å². The molecule has 0 unspecified atom stereocenters. The average Bonchev–Trinajstić information content (AvgIpc) is 3.30. The quantitative estimate of drug-likeness (QED) is 0.575. The van der Waals surface area contributed by atoms with E-state index in [0.29, 0.717) is 17.1 Å². The summed E-state index contributed by atoms with van der Waals surface area (Å²) in [5, 5.41) is 11.9. The van der Waals surface area contributed by atoms with Gasteiger partial charge in [-0.1, -0.05) is 0 Å². The van der Waals surface area contributed by atoms with Crippen molar-refractivity contribution in [2.75, 3.05) is 5.73 Å². The van der Waals surface area contributed by atoms with Crippen LogP contribution >= 0.6 is 22.7 Å². The lowest BCUT2D eigenvalue weighted by molar-refractivity contribution is 0.0954. The highest BCUT2D eigenvalue weighted by Crippen LogP contribution is 2.26. The zero-order valence-electron chi connectivity index (χ0n) is 13.3. The molecule has 9 heteroatoms. The molecule has 0 fully saturated rings. The topological polar surface area (TPSA) is 98.2 Å². The van der Waals surface area contributed by atoms with Gasteiger partial charge in [-0.05, 0) is 36.1 Å². The number of aryl methyl sites for hydroxylation is 1. The minimum Gasteiger partial charge on any atom is -0.366 e. The molecule has 4 rings (SSSR count). The summed E-state index contributed by atoms with van der Waals surface area (Å²) in [5.74, 6) is 0.132. The number of thiophene rings is 1. The number of rotatable bonds is 4. The summed E-state index contributed by atoms with van der Waals surface area (Å²) in [7, 11) is 0. The van der Waals surface area contributed by atoms with Crippen LogP contribution in [0.2, 0.25) is 0 Å². The van der Waals surface area contributed by atoms with E-state index in [0.717, 1.165) is 21.8 Å². The largest absolute Gasteiger partial charge is 0.366 e. The first-order chi connectivity index (χ1) is 12.1. The number of aromatic nitrogens is 4. The normalized spacial score (nSPS) is 11.1. The maximum atomic E-state index is 12.3. The molecule has 0 atom stereocenters. The Hall–Kier alpha value is -2.78.